The fourth-order valence-corrected chi connectivity index (χ4v) is 14.7. The van der Waals surface area contributed by atoms with Gasteiger partial charge in [0.05, 0.1) is 43.1 Å². The number of carbonyl (C=O) groups is 12. The highest BCUT2D eigenvalue weighted by molar-refractivity contribution is 5.99. The lowest BCUT2D eigenvalue weighted by Gasteiger charge is -2.41. The summed E-state index contributed by atoms with van der Waals surface area (Å²) in [4.78, 5) is 183. The number of piperidine rings is 1. The van der Waals surface area contributed by atoms with Crippen molar-refractivity contribution < 1.29 is 62.6 Å². The molecule has 0 unspecified atom stereocenters. The number of benzene rings is 1. The maximum atomic E-state index is 15.3. The van der Waals surface area contributed by atoms with Crippen molar-refractivity contribution in [2.75, 3.05) is 88.6 Å². The molecule has 0 spiro atoms. The summed E-state index contributed by atoms with van der Waals surface area (Å²) in [6.07, 6.45) is 11.6. The number of likely N-dealkylation sites (tertiary alicyclic amines) is 2. The van der Waals surface area contributed by atoms with Gasteiger partial charge in [0.15, 0.2) is 11.6 Å². The first-order valence-corrected chi connectivity index (χ1v) is 34.8. The van der Waals surface area contributed by atoms with Gasteiger partial charge in [0.25, 0.3) is 0 Å². The Kier molecular flexibility index (Phi) is 30.1. The molecule has 1 aromatic carbocycles. The molecule has 526 valence electrons. The number of likely N-dealkylation sites (N-methyl/N-ethyl adjacent to an activating group) is 7. The number of hydrogen-bond donors (Lipinski definition) is 2. The van der Waals surface area contributed by atoms with E-state index in [0.29, 0.717) is 83.8 Å². The number of nitrogens with zero attached hydrogens (tertiary/aromatic N) is 9. The van der Waals surface area contributed by atoms with Gasteiger partial charge in [-0.2, -0.15) is 0 Å². The number of carboxylic acids is 1. The van der Waals surface area contributed by atoms with E-state index < -0.39 is 133 Å². The van der Waals surface area contributed by atoms with E-state index in [-0.39, 0.29) is 54.6 Å². The highest BCUT2D eigenvalue weighted by Gasteiger charge is 2.50. The number of hydrogen-bond acceptors (Lipinski definition) is 13. The maximum Gasteiger partial charge on any atom is 0.323 e. The zero-order valence-corrected chi connectivity index (χ0v) is 59.0. The van der Waals surface area contributed by atoms with Gasteiger partial charge in [0, 0.05) is 87.7 Å². The van der Waals surface area contributed by atoms with Gasteiger partial charge in [0.2, 0.25) is 53.2 Å². The van der Waals surface area contributed by atoms with Crippen molar-refractivity contribution >= 4 is 70.7 Å². The second-order valence-corrected chi connectivity index (χ2v) is 28.7. The van der Waals surface area contributed by atoms with Gasteiger partial charge in [-0.05, 0) is 99.9 Å². The molecule has 4 fully saturated rings. The number of aliphatic carboxylic acids is 1. The van der Waals surface area contributed by atoms with Crippen molar-refractivity contribution in [2.45, 2.75) is 219 Å². The van der Waals surface area contributed by atoms with E-state index >= 15 is 9.59 Å². The SMILES string of the molecule is CC[C@H](C)[C@H](CC(=O)[C@H](CC(C)C)N(C)C(=O)C[C@@H](C(=O)N1CCCCC1)N(C)C(=O)[C@H](C(C)C)N(C)C(=O)C1(CC(=O)[C@@H]2CCCN2C(=O)[C@@H](N)CCc2ccccc2)CCCC1)C(=O)N(C)CC(=O)N(C)CC(=O)N(C)[C@@H](CC1CCCCC1)C(=O)N(C)CC(=O)O. The van der Waals surface area contributed by atoms with Crippen LogP contribution in [0.5, 0.6) is 0 Å². The van der Waals surface area contributed by atoms with Crippen LogP contribution in [0.1, 0.15) is 182 Å². The molecule has 4 aliphatic rings. The van der Waals surface area contributed by atoms with Gasteiger partial charge < -0.3 is 54.9 Å². The third-order valence-electron chi connectivity index (χ3n) is 20.8. The van der Waals surface area contributed by atoms with Crippen LogP contribution < -0.4 is 5.73 Å². The third-order valence-corrected chi connectivity index (χ3v) is 20.8. The molecular formula is C71H114N10O13. The smallest absolute Gasteiger partial charge is 0.323 e. The Morgan fingerprint density at radius 3 is 1.77 bits per heavy atom. The summed E-state index contributed by atoms with van der Waals surface area (Å²) in [7, 11) is 10.2. The zero-order valence-electron chi connectivity index (χ0n) is 59.0. The molecule has 2 saturated carbocycles. The minimum absolute atomic E-state index is 0.111. The molecule has 2 aliphatic heterocycles. The molecule has 5 rings (SSSR count). The Labute approximate surface area is 559 Å². The number of ketones is 2. The molecule has 2 heterocycles. The van der Waals surface area contributed by atoms with E-state index in [1.807, 2.05) is 58.0 Å². The molecule has 23 nitrogen and oxygen atoms in total. The normalized spacial score (nSPS) is 18.8. The predicted octanol–water partition coefficient (Wildman–Crippen LogP) is 5.92. The lowest BCUT2D eigenvalue weighted by atomic mass is 9.77. The summed E-state index contributed by atoms with van der Waals surface area (Å²) in [5.41, 5.74) is 6.39. The largest absolute Gasteiger partial charge is 0.480 e. The number of rotatable bonds is 34. The van der Waals surface area contributed by atoms with Crippen LogP contribution in [0.25, 0.3) is 0 Å². The van der Waals surface area contributed by atoms with Crippen LogP contribution in [0.2, 0.25) is 0 Å². The lowest BCUT2D eigenvalue weighted by Crippen LogP contribution is -2.59. The molecule has 23 heteroatoms. The number of carbonyl (C=O) groups excluding carboxylic acids is 11. The third kappa shape index (κ3) is 20.9. The number of carboxylic acid groups (broad SMARTS) is 1. The fourth-order valence-electron chi connectivity index (χ4n) is 14.7. The number of aryl methyl sites for hydroxylation is 1. The molecule has 94 heavy (non-hydrogen) atoms. The Hall–Kier alpha value is -6.78. The summed E-state index contributed by atoms with van der Waals surface area (Å²) in [6.45, 7) is 10.9. The van der Waals surface area contributed by atoms with Gasteiger partial charge in [-0.25, -0.2) is 0 Å². The number of Topliss-reactive ketones (excluding diaryl/α,β-unsaturated/α-hetero) is 2. The van der Waals surface area contributed by atoms with Crippen LogP contribution >= 0.6 is 0 Å². The Morgan fingerprint density at radius 1 is 0.596 bits per heavy atom. The summed E-state index contributed by atoms with van der Waals surface area (Å²) in [5.74, 6) is -7.92. The maximum absolute atomic E-state index is 15.3. The van der Waals surface area contributed by atoms with Crippen molar-refractivity contribution in [3.8, 4) is 0 Å². The fraction of sp³-hybridized carbons (Fsp3) is 0.746. The number of nitrogens with two attached hydrogens (primary N) is 1. The van der Waals surface area contributed by atoms with E-state index in [1.165, 1.54) is 71.7 Å². The summed E-state index contributed by atoms with van der Waals surface area (Å²) in [5, 5.41) is 9.43. The standard InChI is InChI=1S/C71H114N10O13/c1-14-49(6)52(65(89)74(8)44-61(85)73(7)45-62(86)77(11)56(40-51-29-20-16-21-30-51)67(91)75(9)46-63(87)88)41-58(82)55(39-47(2)3)76(10)60(84)42-57(68(92)80-36-24-17-25-37-80)78(12)69(93)64(48(4)5)79(13)70(94)71(34-22-23-35-71)43-59(83)54-31-26-38-81(54)66(90)53(72)33-32-50-27-18-15-19-28-50/h15,18-19,27-28,47-49,51-57,64H,14,16-17,20-26,29-46,72H2,1-13H3,(H,87,88)/t49-,52-,53-,54-,55-,56-,57-,64-/m0/s1. The average molecular weight is 1320 g/mol. The molecule has 2 aliphatic carbocycles. The highest BCUT2D eigenvalue weighted by Crippen LogP contribution is 2.45. The molecule has 3 N–H and O–H groups in total. The van der Waals surface area contributed by atoms with Gasteiger partial charge in [-0.3, -0.25) is 57.5 Å². The monoisotopic (exact) mass is 1310 g/mol. The molecule has 0 aromatic heterocycles. The summed E-state index contributed by atoms with van der Waals surface area (Å²) < 4.78 is 0. The van der Waals surface area contributed by atoms with E-state index in [9.17, 15) is 53.1 Å². The molecule has 0 radical (unpaired) electrons. The van der Waals surface area contributed by atoms with Crippen LogP contribution in [0, 0.1) is 35.0 Å². The second kappa shape index (κ2) is 36.4. The van der Waals surface area contributed by atoms with Crippen molar-refractivity contribution in [3.63, 3.8) is 0 Å². The van der Waals surface area contributed by atoms with E-state index in [1.54, 1.807) is 30.7 Å². The minimum atomic E-state index is -1.34. The molecule has 2 saturated heterocycles. The first-order chi connectivity index (χ1) is 44.3. The topological polar surface area (TPSA) is 280 Å². The van der Waals surface area contributed by atoms with Crippen molar-refractivity contribution in [1.29, 1.82) is 0 Å². The van der Waals surface area contributed by atoms with Gasteiger partial charge in [-0.15, -0.1) is 0 Å². The van der Waals surface area contributed by atoms with E-state index in [4.69, 9.17) is 5.73 Å². The van der Waals surface area contributed by atoms with Crippen LogP contribution in [0.3, 0.4) is 0 Å². The highest BCUT2D eigenvalue weighted by atomic mass is 16.4. The predicted molar refractivity (Wildman–Crippen MR) is 358 cm³/mol. The van der Waals surface area contributed by atoms with Crippen molar-refractivity contribution in [2.24, 2.45) is 40.7 Å². The Bertz CT molecular complexity index is 2780. The van der Waals surface area contributed by atoms with Crippen LogP contribution in [0.15, 0.2) is 30.3 Å². The van der Waals surface area contributed by atoms with E-state index in [0.717, 1.165) is 61.8 Å². The number of amides is 9. The average Bonchev–Trinajstić information content (AvgIpc) is 1.44. The van der Waals surface area contributed by atoms with Crippen LogP contribution in [-0.4, -0.2) is 245 Å². The van der Waals surface area contributed by atoms with E-state index in [2.05, 4.69) is 0 Å². The summed E-state index contributed by atoms with van der Waals surface area (Å²) in [6, 6.07) is 3.77. The van der Waals surface area contributed by atoms with Crippen LogP contribution in [-0.2, 0) is 64.0 Å². The van der Waals surface area contributed by atoms with Gasteiger partial charge in [-0.1, -0.05) is 123 Å². The Balaban J connectivity index is 1.31. The molecule has 0 bridgehead atoms. The molecule has 8 atom stereocenters. The van der Waals surface area contributed by atoms with Gasteiger partial charge >= 0.3 is 5.97 Å². The second-order valence-electron chi connectivity index (χ2n) is 28.7. The molecule has 1 aromatic rings. The zero-order chi connectivity index (χ0) is 69.9. The quantitative estimate of drug-likeness (QED) is 0.0811. The first-order valence-electron chi connectivity index (χ1n) is 34.8. The first kappa shape index (κ1) is 77.9. The van der Waals surface area contributed by atoms with Crippen molar-refractivity contribution in [3.05, 3.63) is 35.9 Å². The van der Waals surface area contributed by atoms with Crippen LogP contribution in [0.4, 0.5) is 0 Å². The minimum Gasteiger partial charge on any atom is -0.480 e. The molecule has 9 amide bonds. The van der Waals surface area contributed by atoms with Gasteiger partial charge in [0.1, 0.15) is 24.7 Å². The Morgan fingerprint density at radius 2 is 1.18 bits per heavy atom. The summed E-state index contributed by atoms with van der Waals surface area (Å²) >= 11 is 0. The lowest BCUT2D eigenvalue weighted by molar-refractivity contribution is -0.157. The molecular weight excluding hydrogens is 1200 g/mol. The van der Waals surface area contributed by atoms with Crippen molar-refractivity contribution in [1.82, 2.24) is 44.1 Å².